The Kier molecular flexibility index (Phi) is 5.71. The summed E-state index contributed by atoms with van der Waals surface area (Å²) in [6, 6.07) is 19.2. The van der Waals surface area contributed by atoms with E-state index in [0.717, 1.165) is 25.3 Å². The maximum Gasteiger partial charge on any atom is 0.115 e. The van der Waals surface area contributed by atoms with E-state index >= 15 is 0 Å². The van der Waals surface area contributed by atoms with Crippen LogP contribution in [0.5, 0.6) is 5.75 Å². The Balaban J connectivity index is 1.34. The number of benzene rings is 2. The smallest absolute Gasteiger partial charge is 0.115 e. The van der Waals surface area contributed by atoms with E-state index in [1.165, 1.54) is 36.8 Å². The van der Waals surface area contributed by atoms with Crippen LogP contribution in [0.25, 0.3) is 0 Å². The molecule has 0 aromatic heterocycles. The highest BCUT2D eigenvalue weighted by atomic mass is 16.3. The lowest BCUT2D eigenvalue weighted by Gasteiger charge is -2.29. The van der Waals surface area contributed by atoms with Gasteiger partial charge in [-0.05, 0) is 74.2 Å². The SMILES string of the molecule is Oc1ccc(CCCN[C@H]2CC[C@H](c3ccccc3)CC2)cc1. The summed E-state index contributed by atoms with van der Waals surface area (Å²) in [7, 11) is 0. The van der Waals surface area contributed by atoms with Crippen LogP contribution in [0.15, 0.2) is 54.6 Å². The van der Waals surface area contributed by atoms with Gasteiger partial charge in [0, 0.05) is 6.04 Å². The molecule has 2 heteroatoms. The molecule has 122 valence electrons. The van der Waals surface area contributed by atoms with E-state index in [1.807, 2.05) is 12.1 Å². The molecule has 0 atom stereocenters. The van der Waals surface area contributed by atoms with Gasteiger partial charge < -0.3 is 10.4 Å². The molecule has 23 heavy (non-hydrogen) atoms. The molecule has 2 aromatic carbocycles. The van der Waals surface area contributed by atoms with Crippen LogP contribution < -0.4 is 5.32 Å². The van der Waals surface area contributed by atoms with Crippen molar-refractivity contribution in [1.29, 1.82) is 0 Å². The molecule has 0 spiro atoms. The summed E-state index contributed by atoms with van der Waals surface area (Å²) in [6.45, 7) is 1.08. The number of hydrogen-bond donors (Lipinski definition) is 2. The highest BCUT2D eigenvalue weighted by molar-refractivity contribution is 5.25. The third kappa shape index (κ3) is 4.84. The van der Waals surface area contributed by atoms with Crippen LogP contribution in [0.3, 0.4) is 0 Å². The molecule has 1 aliphatic rings. The zero-order valence-corrected chi connectivity index (χ0v) is 13.7. The Hall–Kier alpha value is -1.80. The average molecular weight is 309 g/mol. The van der Waals surface area contributed by atoms with E-state index in [0.29, 0.717) is 11.8 Å². The first kappa shape index (κ1) is 16.1. The third-order valence-corrected chi connectivity index (χ3v) is 5.01. The van der Waals surface area contributed by atoms with Gasteiger partial charge in [-0.1, -0.05) is 42.5 Å². The Bertz CT molecular complexity index is 571. The predicted molar refractivity (Wildman–Crippen MR) is 95.9 cm³/mol. The summed E-state index contributed by atoms with van der Waals surface area (Å²) in [5.41, 5.74) is 2.82. The Labute approximate surface area is 139 Å². The lowest BCUT2D eigenvalue weighted by atomic mass is 9.82. The first-order valence-electron chi connectivity index (χ1n) is 8.87. The minimum atomic E-state index is 0.349. The molecule has 0 bridgehead atoms. The second-order valence-electron chi connectivity index (χ2n) is 6.68. The number of aryl methyl sites for hydroxylation is 1. The standard InChI is InChI=1S/C21H27NO/c23-21-14-8-17(9-15-21)5-4-16-22-20-12-10-19(11-13-20)18-6-2-1-3-7-18/h1-3,6-9,14-15,19-20,22-23H,4-5,10-13,16H2/t19-,20-. The van der Waals surface area contributed by atoms with Gasteiger partial charge in [0.25, 0.3) is 0 Å². The van der Waals surface area contributed by atoms with E-state index in [4.69, 9.17) is 0 Å². The maximum absolute atomic E-state index is 9.29. The highest BCUT2D eigenvalue weighted by Crippen LogP contribution is 2.32. The van der Waals surface area contributed by atoms with Crippen LogP contribution in [-0.4, -0.2) is 17.7 Å². The van der Waals surface area contributed by atoms with Crippen molar-refractivity contribution < 1.29 is 5.11 Å². The van der Waals surface area contributed by atoms with Gasteiger partial charge in [0.2, 0.25) is 0 Å². The molecule has 1 saturated carbocycles. The second-order valence-corrected chi connectivity index (χ2v) is 6.68. The molecule has 3 rings (SSSR count). The van der Waals surface area contributed by atoms with E-state index in [1.54, 1.807) is 12.1 Å². The number of rotatable bonds is 6. The lowest BCUT2D eigenvalue weighted by molar-refractivity contribution is 0.342. The second kappa shape index (κ2) is 8.16. The molecular formula is C21H27NO. The fourth-order valence-electron chi connectivity index (χ4n) is 3.62. The number of nitrogens with one attached hydrogen (secondary N) is 1. The van der Waals surface area contributed by atoms with Crippen LogP contribution in [0, 0.1) is 0 Å². The lowest BCUT2D eigenvalue weighted by Crippen LogP contribution is -2.33. The van der Waals surface area contributed by atoms with Gasteiger partial charge >= 0.3 is 0 Å². The summed E-state index contributed by atoms with van der Waals surface area (Å²) in [6.07, 6.45) is 7.42. The topological polar surface area (TPSA) is 32.3 Å². The zero-order valence-electron chi connectivity index (χ0n) is 13.7. The van der Waals surface area contributed by atoms with Gasteiger partial charge in [0.15, 0.2) is 0 Å². The molecule has 1 aliphatic carbocycles. The van der Waals surface area contributed by atoms with Crippen molar-refractivity contribution >= 4 is 0 Å². The molecule has 2 aromatic rings. The van der Waals surface area contributed by atoms with Gasteiger partial charge in [-0.25, -0.2) is 0 Å². The Morgan fingerprint density at radius 3 is 2.26 bits per heavy atom. The fraction of sp³-hybridized carbons (Fsp3) is 0.429. The fourth-order valence-corrected chi connectivity index (χ4v) is 3.62. The molecule has 1 fully saturated rings. The van der Waals surface area contributed by atoms with E-state index in [-0.39, 0.29) is 0 Å². The van der Waals surface area contributed by atoms with Gasteiger partial charge in [-0.15, -0.1) is 0 Å². The van der Waals surface area contributed by atoms with E-state index in [9.17, 15) is 5.11 Å². The van der Waals surface area contributed by atoms with Crippen LogP contribution in [0.2, 0.25) is 0 Å². The molecule has 0 saturated heterocycles. The van der Waals surface area contributed by atoms with Gasteiger partial charge in [0.1, 0.15) is 5.75 Å². The van der Waals surface area contributed by atoms with Crippen molar-refractivity contribution in [1.82, 2.24) is 5.32 Å². The average Bonchev–Trinajstić information content (AvgIpc) is 2.62. The van der Waals surface area contributed by atoms with Crippen molar-refractivity contribution in [3.05, 3.63) is 65.7 Å². The largest absolute Gasteiger partial charge is 0.508 e. The first-order valence-corrected chi connectivity index (χ1v) is 8.87. The molecule has 0 amide bonds. The molecule has 2 N–H and O–H groups in total. The minimum Gasteiger partial charge on any atom is -0.508 e. The van der Waals surface area contributed by atoms with E-state index < -0.39 is 0 Å². The number of hydrogen-bond acceptors (Lipinski definition) is 2. The number of aromatic hydroxyl groups is 1. The van der Waals surface area contributed by atoms with Crippen LogP contribution in [0.4, 0.5) is 0 Å². The van der Waals surface area contributed by atoms with Gasteiger partial charge in [-0.2, -0.15) is 0 Å². The molecule has 2 nitrogen and oxygen atoms in total. The van der Waals surface area contributed by atoms with Gasteiger partial charge in [0.05, 0.1) is 0 Å². The quantitative estimate of drug-likeness (QED) is 0.762. The van der Waals surface area contributed by atoms with Crippen molar-refractivity contribution in [3.63, 3.8) is 0 Å². The number of phenolic OH excluding ortho intramolecular Hbond substituents is 1. The summed E-state index contributed by atoms with van der Waals surface area (Å²) in [5.74, 6) is 1.10. The number of phenols is 1. The summed E-state index contributed by atoms with van der Waals surface area (Å²) < 4.78 is 0. The monoisotopic (exact) mass is 309 g/mol. The molecule has 0 heterocycles. The van der Waals surface area contributed by atoms with Crippen molar-refractivity contribution in [2.75, 3.05) is 6.54 Å². The maximum atomic E-state index is 9.29. The highest BCUT2D eigenvalue weighted by Gasteiger charge is 2.21. The van der Waals surface area contributed by atoms with Crippen molar-refractivity contribution in [3.8, 4) is 5.75 Å². The summed E-state index contributed by atoms with van der Waals surface area (Å²) >= 11 is 0. The van der Waals surface area contributed by atoms with E-state index in [2.05, 4.69) is 35.6 Å². The molecule has 0 radical (unpaired) electrons. The summed E-state index contributed by atoms with van der Waals surface area (Å²) in [5, 5.41) is 13.0. The van der Waals surface area contributed by atoms with Crippen molar-refractivity contribution in [2.45, 2.75) is 50.5 Å². The van der Waals surface area contributed by atoms with Crippen LogP contribution in [-0.2, 0) is 6.42 Å². The summed E-state index contributed by atoms with van der Waals surface area (Å²) in [4.78, 5) is 0. The van der Waals surface area contributed by atoms with Crippen LogP contribution in [0.1, 0.15) is 49.1 Å². The Morgan fingerprint density at radius 1 is 0.870 bits per heavy atom. The Morgan fingerprint density at radius 2 is 1.57 bits per heavy atom. The first-order chi connectivity index (χ1) is 11.3. The molecule has 0 unspecified atom stereocenters. The van der Waals surface area contributed by atoms with Gasteiger partial charge in [-0.3, -0.25) is 0 Å². The normalized spacial score (nSPS) is 21.2. The molecular weight excluding hydrogens is 282 g/mol. The predicted octanol–water partition coefficient (Wildman–Crippen LogP) is 4.64. The minimum absolute atomic E-state index is 0.349. The molecule has 0 aliphatic heterocycles. The third-order valence-electron chi connectivity index (χ3n) is 5.01. The van der Waals surface area contributed by atoms with Crippen LogP contribution >= 0.6 is 0 Å². The van der Waals surface area contributed by atoms with Crippen molar-refractivity contribution in [2.24, 2.45) is 0 Å². The zero-order chi connectivity index (χ0) is 15.9.